The molecule has 1 aromatic heterocycles. The lowest BCUT2D eigenvalue weighted by molar-refractivity contribution is 0.0946. The molecule has 3 N–H and O–H groups in total. The Hall–Kier alpha value is -1.11. The molecule has 0 saturated carbocycles. The minimum atomic E-state index is -0.0760. The number of H-pyrrole nitrogens is 1. The standard InChI is InChI=1S/C13H22N4O2.ClH/c1-19-8-4-2-3-6-15-13(18)12-10-9-14-7-5-11(10)16-17-12;/h14H,2-9H2,1H3,(H,15,18)(H,16,17);1H. The first-order valence-corrected chi connectivity index (χ1v) is 6.87. The monoisotopic (exact) mass is 302 g/mol. The fourth-order valence-electron chi connectivity index (χ4n) is 2.25. The molecule has 0 aliphatic carbocycles. The summed E-state index contributed by atoms with van der Waals surface area (Å²) in [5.41, 5.74) is 2.64. The van der Waals surface area contributed by atoms with Crippen LogP contribution in [0.4, 0.5) is 0 Å². The summed E-state index contributed by atoms with van der Waals surface area (Å²) in [6, 6.07) is 0. The van der Waals surface area contributed by atoms with E-state index in [9.17, 15) is 4.79 Å². The molecule has 1 aromatic rings. The molecule has 20 heavy (non-hydrogen) atoms. The zero-order valence-electron chi connectivity index (χ0n) is 11.8. The molecule has 0 radical (unpaired) electrons. The number of hydrogen-bond donors (Lipinski definition) is 3. The van der Waals surface area contributed by atoms with Crippen LogP contribution in [0.5, 0.6) is 0 Å². The van der Waals surface area contributed by atoms with E-state index in [0.29, 0.717) is 12.2 Å². The fraction of sp³-hybridized carbons (Fsp3) is 0.692. The van der Waals surface area contributed by atoms with Crippen LogP contribution < -0.4 is 10.6 Å². The molecule has 2 heterocycles. The van der Waals surface area contributed by atoms with Gasteiger partial charge in [-0.15, -0.1) is 12.4 Å². The SMILES string of the molecule is COCCCCCNC(=O)c1n[nH]c2c1CNCC2.Cl. The molecule has 0 bridgehead atoms. The van der Waals surface area contributed by atoms with Gasteiger partial charge in [0.25, 0.3) is 5.91 Å². The molecular formula is C13H23ClN4O2. The van der Waals surface area contributed by atoms with Crippen molar-refractivity contribution < 1.29 is 9.53 Å². The first kappa shape index (κ1) is 16.9. The molecule has 0 unspecified atom stereocenters. The predicted molar refractivity (Wildman–Crippen MR) is 79.3 cm³/mol. The number of halogens is 1. The van der Waals surface area contributed by atoms with E-state index in [-0.39, 0.29) is 18.3 Å². The minimum Gasteiger partial charge on any atom is -0.385 e. The number of aromatic nitrogens is 2. The van der Waals surface area contributed by atoms with Crippen molar-refractivity contribution >= 4 is 18.3 Å². The highest BCUT2D eigenvalue weighted by Gasteiger charge is 2.20. The van der Waals surface area contributed by atoms with Gasteiger partial charge in [0.2, 0.25) is 0 Å². The first-order valence-electron chi connectivity index (χ1n) is 6.87. The lowest BCUT2D eigenvalue weighted by Gasteiger charge is -2.12. The summed E-state index contributed by atoms with van der Waals surface area (Å²) in [6.45, 7) is 3.14. The number of ether oxygens (including phenoxy) is 1. The molecule has 1 aliphatic heterocycles. The highest BCUT2D eigenvalue weighted by molar-refractivity contribution is 5.94. The van der Waals surface area contributed by atoms with Crippen molar-refractivity contribution in [2.75, 3.05) is 26.8 Å². The van der Waals surface area contributed by atoms with Crippen LogP contribution in [0.2, 0.25) is 0 Å². The van der Waals surface area contributed by atoms with Crippen molar-refractivity contribution in [2.45, 2.75) is 32.2 Å². The highest BCUT2D eigenvalue weighted by Crippen LogP contribution is 2.14. The lowest BCUT2D eigenvalue weighted by atomic mass is 10.1. The number of aromatic amines is 1. The molecule has 0 spiro atoms. The molecular weight excluding hydrogens is 280 g/mol. The van der Waals surface area contributed by atoms with Crippen molar-refractivity contribution in [2.24, 2.45) is 0 Å². The van der Waals surface area contributed by atoms with Crippen molar-refractivity contribution in [3.05, 3.63) is 17.0 Å². The second-order valence-electron chi connectivity index (χ2n) is 4.77. The number of rotatable bonds is 7. The van der Waals surface area contributed by atoms with Crippen molar-refractivity contribution in [1.29, 1.82) is 0 Å². The molecule has 0 saturated heterocycles. The van der Waals surface area contributed by atoms with Crippen LogP contribution in [0, 0.1) is 0 Å². The summed E-state index contributed by atoms with van der Waals surface area (Å²) in [5.74, 6) is -0.0760. The van der Waals surface area contributed by atoms with Crippen LogP contribution in [-0.4, -0.2) is 42.9 Å². The van der Waals surface area contributed by atoms with Gasteiger partial charge in [-0.2, -0.15) is 5.10 Å². The van der Waals surface area contributed by atoms with Gasteiger partial charge < -0.3 is 15.4 Å². The van der Waals surface area contributed by atoms with Gasteiger partial charge in [-0.1, -0.05) is 0 Å². The number of carbonyl (C=O) groups is 1. The van der Waals surface area contributed by atoms with Gasteiger partial charge in [-0.05, 0) is 19.3 Å². The van der Waals surface area contributed by atoms with Crippen LogP contribution in [0.25, 0.3) is 0 Å². The van der Waals surface area contributed by atoms with Gasteiger partial charge in [0.05, 0.1) is 0 Å². The van der Waals surface area contributed by atoms with E-state index in [1.807, 2.05) is 0 Å². The average Bonchev–Trinajstić information content (AvgIpc) is 2.86. The van der Waals surface area contributed by atoms with Crippen molar-refractivity contribution in [3.63, 3.8) is 0 Å². The van der Waals surface area contributed by atoms with E-state index in [0.717, 1.165) is 56.6 Å². The topological polar surface area (TPSA) is 79.0 Å². The van der Waals surface area contributed by atoms with E-state index in [2.05, 4.69) is 20.8 Å². The van der Waals surface area contributed by atoms with Gasteiger partial charge in [0.1, 0.15) is 0 Å². The number of unbranched alkanes of at least 4 members (excludes halogenated alkanes) is 2. The number of hydrogen-bond acceptors (Lipinski definition) is 4. The zero-order valence-corrected chi connectivity index (χ0v) is 12.6. The van der Waals surface area contributed by atoms with Gasteiger partial charge in [0, 0.05) is 51.0 Å². The third-order valence-corrected chi connectivity index (χ3v) is 3.33. The normalized spacial score (nSPS) is 13.4. The van der Waals surface area contributed by atoms with E-state index < -0.39 is 0 Å². The van der Waals surface area contributed by atoms with Crippen molar-refractivity contribution in [1.82, 2.24) is 20.8 Å². The highest BCUT2D eigenvalue weighted by atomic mass is 35.5. The van der Waals surface area contributed by atoms with Crippen LogP contribution in [0.1, 0.15) is 41.0 Å². The third-order valence-electron chi connectivity index (χ3n) is 3.33. The maximum atomic E-state index is 12.0. The smallest absolute Gasteiger partial charge is 0.272 e. The van der Waals surface area contributed by atoms with Gasteiger partial charge >= 0.3 is 0 Å². The van der Waals surface area contributed by atoms with Gasteiger partial charge in [0.15, 0.2) is 5.69 Å². The quantitative estimate of drug-likeness (QED) is 0.657. The Bertz CT molecular complexity index is 423. The molecule has 1 amide bonds. The number of carbonyl (C=O) groups excluding carboxylic acids is 1. The molecule has 1 aliphatic rings. The van der Waals surface area contributed by atoms with Crippen LogP contribution in [0.15, 0.2) is 0 Å². The second-order valence-corrected chi connectivity index (χ2v) is 4.77. The summed E-state index contributed by atoms with van der Waals surface area (Å²) in [7, 11) is 1.70. The number of nitrogens with zero attached hydrogens (tertiary/aromatic N) is 1. The molecule has 0 aromatic carbocycles. The molecule has 0 atom stereocenters. The third kappa shape index (κ3) is 4.47. The maximum Gasteiger partial charge on any atom is 0.272 e. The molecule has 7 heteroatoms. The lowest BCUT2D eigenvalue weighted by Crippen LogP contribution is -2.29. The Kier molecular flexibility index (Phi) is 7.58. The van der Waals surface area contributed by atoms with Gasteiger partial charge in [-0.3, -0.25) is 9.89 Å². The van der Waals surface area contributed by atoms with E-state index >= 15 is 0 Å². The first-order chi connectivity index (χ1) is 9.33. The summed E-state index contributed by atoms with van der Waals surface area (Å²) in [4.78, 5) is 12.0. The summed E-state index contributed by atoms with van der Waals surface area (Å²) < 4.78 is 4.98. The second kappa shape index (κ2) is 8.94. The number of methoxy groups -OCH3 is 1. The predicted octanol–water partition coefficient (Wildman–Crippen LogP) is 1.02. The fourth-order valence-corrected chi connectivity index (χ4v) is 2.25. The summed E-state index contributed by atoms with van der Waals surface area (Å²) in [5, 5.41) is 13.3. The van der Waals surface area contributed by atoms with E-state index in [1.54, 1.807) is 7.11 Å². The average molecular weight is 303 g/mol. The molecule has 0 fully saturated rings. The van der Waals surface area contributed by atoms with Crippen LogP contribution in [0.3, 0.4) is 0 Å². The van der Waals surface area contributed by atoms with E-state index in [4.69, 9.17) is 4.74 Å². The Morgan fingerprint density at radius 1 is 1.40 bits per heavy atom. The largest absolute Gasteiger partial charge is 0.385 e. The van der Waals surface area contributed by atoms with Crippen LogP contribution in [-0.2, 0) is 17.7 Å². The Morgan fingerprint density at radius 3 is 3.05 bits per heavy atom. The number of fused-ring (bicyclic) bond motifs is 1. The minimum absolute atomic E-state index is 0. The number of amides is 1. The van der Waals surface area contributed by atoms with Gasteiger partial charge in [-0.25, -0.2) is 0 Å². The summed E-state index contributed by atoms with van der Waals surface area (Å²) in [6.07, 6.45) is 3.98. The molecule has 114 valence electrons. The zero-order chi connectivity index (χ0) is 13.5. The molecule has 6 nitrogen and oxygen atoms in total. The maximum absolute atomic E-state index is 12.0. The number of nitrogens with one attached hydrogen (secondary N) is 3. The van der Waals surface area contributed by atoms with Crippen molar-refractivity contribution in [3.8, 4) is 0 Å². The Morgan fingerprint density at radius 2 is 2.25 bits per heavy atom. The summed E-state index contributed by atoms with van der Waals surface area (Å²) >= 11 is 0. The Balaban J connectivity index is 0.00000200. The Labute approximate surface area is 125 Å². The van der Waals surface area contributed by atoms with Crippen LogP contribution >= 0.6 is 12.4 Å². The molecule has 2 rings (SSSR count). The van der Waals surface area contributed by atoms with E-state index in [1.165, 1.54) is 0 Å².